The van der Waals surface area contributed by atoms with Crippen molar-refractivity contribution in [1.29, 1.82) is 0 Å². The van der Waals surface area contributed by atoms with Crippen LogP contribution in [-0.4, -0.2) is 62.5 Å². The minimum atomic E-state index is -3.72. The number of likely N-dealkylation sites (tertiary alicyclic amines) is 1. The summed E-state index contributed by atoms with van der Waals surface area (Å²) in [6.45, 7) is 6.85. The minimum Gasteiger partial charge on any atom is -0.355 e. The zero-order chi connectivity index (χ0) is 24.6. The Morgan fingerprint density at radius 2 is 1.82 bits per heavy atom. The molecule has 0 saturated carbocycles. The molecule has 1 unspecified atom stereocenters. The van der Waals surface area contributed by atoms with E-state index in [0.717, 1.165) is 28.8 Å². The first kappa shape index (κ1) is 23.9. The van der Waals surface area contributed by atoms with Gasteiger partial charge in [-0.3, -0.25) is 9.59 Å². The summed E-state index contributed by atoms with van der Waals surface area (Å²) in [7, 11) is -2.09. The number of fused-ring (bicyclic) bond motifs is 1. The lowest BCUT2D eigenvalue weighted by molar-refractivity contribution is -0.138. The van der Waals surface area contributed by atoms with Gasteiger partial charge in [-0.1, -0.05) is 29.8 Å². The van der Waals surface area contributed by atoms with Crippen molar-refractivity contribution in [3.8, 4) is 0 Å². The molecule has 1 N–H and O–H groups in total. The third-order valence-electron chi connectivity index (χ3n) is 6.38. The number of hydrogen-bond acceptors (Lipinski definition) is 5. The SMILES string of the molecule is Cc1cc(C)c(NC(=O)CN(C)C(=O)C2CCCN(C3=NS(=O)(=O)c4ccccc43)C2)c(C)c1. The molecule has 180 valence electrons. The summed E-state index contributed by atoms with van der Waals surface area (Å²) >= 11 is 0. The van der Waals surface area contributed by atoms with Crippen LogP contribution in [0.4, 0.5) is 5.69 Å². The summed E-state index contributed by atoms with van der Waals surface area (Å²) in [5.41, 5.74) is 4.45. The fourth-order valence-electron chi connectivity index (χ4n) is 4.85. The highest BCUT2D eigenvalue weighted by molar-refractivity contribution is 7.90. The van der Waals surface area contributed by atoms with Gasteiger partial charge >= 0.3 is 0 Å². The highest BCUT2D eigenvalue weighted by Gasteiger charge is 2.36. The molecule has 2 amide bonds. The van der Waals surface area contributed by atoms with E-state index in [0.29, 0.717) is 30.9 Å². The van der Waals surface area contributed by atoms with Gasteiger partial charge in [-0.25, -0.2) is 0 Å². The number of aryl methyl sites for hydroxylation is 3. The van der Waals surface area contributed by atoms with E-state index in [2.05, 4.69) is 9.71 Å². The van der Waals surface area contributed by atoms with E-state index in [9.17, 15) is 18.0 Å². The molecule has 9 heteroatoms. The number of anilines is 1. The standard InChI is InChI=1S/C25H30N4O4S/c1-16-12-17(2)23(18(3)13-16)26-22(30)15-28(4)25(31)19-8-7-11-29(14-19)24-20-9-5-6-10-21(20)34(32,33)27-24/h5-6,9-10,12-13,19H,7-8,11,14-15H2,1-4H3,(H,26,30). The highest BCUT2D eigenvalue weighted by Crippen LogP contribution is 2.30. The Labute approximate surface area is 200 Å². The average molecular weight is 483 g/mol. The fraction of sp³-hybridized carbons (Fsp3) is 0.400. The fourth-order valence-corrected chi connectivity index (χ4v) is 6.08. The van der Waals surface area contributed by atoms with Gasteiger partial charge in [-0.2, -0.15) is 8.42 Å². The first-order valence-corrected chi connectivity index (χ1v) is 12.8. The van der Waals surface area contributed by atoms with Crippen molar-refractivity contribution < 1.29 is 18.0 Å². The van der Waals surface area contributed by atoms with Crippen LogP contribution in [0.25, 0.3) is 0 Å². The number of likely N-dealkylation sites (N-methyl/N-ethyl adjacent to an activating group) is 1. The summed E-state index contributed by atoms with van der Waals surface area (Å²) in [5.74, 6) is -0.322. The van der Waals surface area contributed by atoms with Crippen LogP contribution in [-0.2, 0) is 19.6 Å². The number of amides is 2. The van der Waals surface area contributed by atoms with Crippen LogP contribution in [0.5, 0.6) is 0 Å². The molecule has 1 atom stereocenters. The average Bonchev–Trinajstić information content (AvgIpc) is 3.07. The van der Waals surface area contributed by atoms with Gasteiger partial charge in [-0.15, -0.1) is 4.40 Å². The number of carbonyl (C=O) groups is 2. The van der Waals surface area contributed by atoms with Gasteiger partial charge in [-0.05, 0) is 56.9 Å². The molecule has 0 aliphatic carbocycles. The van der Waals surface area contributed by atoms with Gasteiger partial charge in [0.2, 0.25) is 11.8 Å². The topological polar surface area (TPSA) is 99.2 Å². The van der Waals surface area contributed by atoms with Crippen molar-refractivity contribution in [2.24, 2.45) is 10.3 Å². The van der Waals surface area contributed by atoms with Gasteiger partial charge in [0, 0.05) is 31.4 Å². The Hall–Kier alpha value is -3.20. The Morgan fingerprint density at radius 3 is 2.53 bits per heavy atom. The zero-order valence-electron chi connectivity index (χ0n) is 20.0. The van der Waals surface area contributed by atoms with Gasteiger partial charge in [0.05, 0.1) is 12.5 Å². The summed E-state index contributed by atoms with van der Waals surface area (Å²) in [6, 6.07) is 10.8. The van der Waals surface area contributed by atoms with Gasteiger partial charge < -0.3 is 15.1 Å². The number of piperidine rings is 1. The molecular formula is C25H30N4O4S. The molecule has 2 aromatic rings. The lowest BCUT2D eigenvalue weighted by Crippen LogP contribution is -2.47. The van der Waals surface area contributed by atoms with Crippen molar-refractivity contribution in [2.45, 2.75) is 38.5 Å². The molecule has 0 radical (unpaired) electrons. The monoisotopic (exact) mass is 482 g/mol. The van der Waals surface area contributed by atoms with E-state index in [1.165, 1.54) is 4.90 Å². The number of rotatable bonds is 4. The van der Waals surface area contributed by atoms with Gasteiger partial charge in [0.1, 0.15) is 4.90 Å². The number of nitrogens with one attached hydrogen (secondary N) is 1. The van der Waals surface area contributed by atoms with Crippen molar-refractivity contribution in [3.05, 3.63) is 58.7 Å². The van der Waals surface area contributed by atoms with Crippen LogP contribution in [0.2, 0.25) is 0 Å². The number of sulfonamides is 1. The molecule has 2 aliphatic rings. The van der Waals surface area contributed by atoms with Crippen LogP contribution in [0.3, 0.4) is 0 Å². The normalized spacial score (nSPS) is 18.8. The lowest BCUT2D eigenvalue weighted by atomic mass is 9.95. The first-order valence-electron chi connectivity index (χ1n) is 11.4. The second-order valence-corrected chi connectivity index (χ2v) is 10.8. The van der Waals surface area contributed by atoms with E-state index < -0.39 is 10.0 Å². The van der Waals surface area contributed by atoms with Crippen molar-refractivity contribution in [1.82, 2.24) is 9.80 Å². The summed E-state index contributed by atoms with van der Waals surface area (Å²) < 4.78 is 28.9. The minimum absolute atomic E-state index is 0.0553. The van der Waals surface area contributed by atoms with Crippen LogP contribution < -0.4 is 5.32 Å². The lowest BCUT2D eigenvalue weighted by Gasteiger charge is -2.35. The number of nitrogens with zero attached hydrogens (tertiary/aromatic N) is 3. The summed E-state index contributed by atoms with van der Waals surface area (Å²) in [5, 5.41) is 2.94. The Morgan fingerprint density at radius 1 is 1.15 bits per heavy atom. The Kier molecular flexibility index (Phi) is 6.49. The number of hydrogen-bond donors (Lipinski definition) is 1. The van der Waals surface area contributed by atoms with E-state index >= 15 is 0 Å². The Balaban J connectivity index is 1.42. The molecule has 2 heterocycles. The van der Waals surface area contributed by atoms with E-state index in [1.807, 2.05) is 37.8 Å². The maximum Gasteiger partial charge on any atom is 0.285 e. The maximum atomic E-state index is 13.2. The van der Waals surface area contributed by atoms with Crippen LogP contribution in [0.1, 0.15) is 35.1 Å². The number of amidine groups is 1. The van der Waals surface area contributed by atoms with Crippen molar-refractivity contribution in [3.63, 3.8) is 0 Å². The van der Waals surface area contributed by atoms with E-state index in [1.54, 1.807) is 31.3 Å². The smallest absolute Gasteiger partial charge is 0.285 e. The molecule has 0 spiro atoms. The molecular weight excluding hydrogens is 452 g/mol. The van der Waals surface area contributed by atoms with Gasteiger partial charge in [0.15, 0.2) is 5.84 Å². The van der Waals surface area contributed by atoms with E-state index in [4.69, 9.17) is 0 Å². The molecule has 2 aromatic carbocycles. The molecule has 8 nitrogen and oxygen atoms in total. The van der Waals surface area contributed by atoms with Crippen molar-refractivity contribution >= 4 is 33.4 Å². The largest absolute Gasteiger partial charge is 0.355 e. The zero-order valence-corrected chi connectivity index (χ0v) is 20.8. The third kappa shape index (κ3) is 4.70. The quantitative estimate of drug-likeness (QED) is 0.723. The molecule has 4 rings (SSSR count). The molecule has 2 aliphatic heterocycles. The van der Waals surface area contributed by atoms with Crippen LogP contribution in [0, 0.1) is 26.7 Å². The predicted octanol–water partition coefficient (Wildman–Crippen LogP) is 2.87. The molecule has 1 fully saturated rings. The predicted molar refractivity (Wildman–Crippen MR) is 131 cm³/mol. The Bertz CT molecular complexity index is 1260. The summed E-state index contributed by atoms with van der Waals surface area (Å²) in [4.78, 5) is 29.4. The third-order valence-corrected chi connectivity index (χ3v) is 7.71. The number of carbonyl (C=O) groups excluding carboxylic acids is 2. The second kappa shape index (κ2) is 9.21. The molecule has 34 heavy (non-hydrogen) atoms. The van der Waals surface area contributed by atoms with Gasteiger partial charge in [0.25, 0.3) is 10.0 Å². The first-order chi connectivity index (χ1) is 16.1. The van der Waals surface area contributed by atoms with E-state index in [-0.39, 0.29) is 29.2 Å². The van der Waals surface area contributed by atoms with Crippen LogP contribution >= 0.6 is 0 Å². The maximum absolute atomic E-state index is 13.2. The van der Waals surface area contributed by atoms with Crippen molar-refractivity contribution in [2.75, 3.05) is 32.0 Å². The highest BCUT2D eigenvalue weighted by atomic mass is 32.2. The molecule has 0 aromatic heterocycles. The second-order valence-electron chi connectivity index (χ2n) is 9.19. The molecule has 0 bridgehead atoms. The summed E-state index contributed by atoms with van der Waals surface area (Å²) in [6.07, 6.45) is 1.42. The van der Waals surface area contributed by atoms with Crippen LogP contribution in [0.15, 0.2) is 45.7 Å². The number of benzene rings is 2. The molecule has 1 saturated heterocycles.